The van der Waals surface area contributed by atoms with Crippen LogP contribution in [0, 0.1) is 5.92 Å². The van der Waals surface area contributed by atoms with Crippen LogP contribution in [-0.2, 0) is 11.3 Å². The lowest BCUT2D eigenvalue weighted by molar-refractivity contribution is -0.137. The van der Waals surface area contributed by atoms with Gasteiger partial charge >= 0.3 is 0 Å². The first kappa shape index (κ1) is 24.1. The summed E-state index contributed by atoms with van der Waals surface area (Å²) in [4.78, 5) is 30.6. The highest BCUT2D eigenvalue weighted by molar-refractivity contribution is 6.00. The lowest BCUT2D eigenvalue weighted by atomic mass is 9.93. The van der Waals surface area contributed by atoms with Crippen molar-refractivity contribution < 1.29 is 14.3 Å². The molecular formula is C29H34N4O3. The zero-order valence-corrected chi connectivity index (χ0v) is 20.9. The molecule has 0 bridgehead atoms. The van der Waals surface area contributed by atoms with Crippen LogP contribution in [0.1, 0.15) is 48.0 Å². The molecule has 0 radical (unpaired) electrons. The number of aromatic nitrogens is 2. The highest BCUT2D eigenvalue weighted by atomic mass is 16.5. The van der Waals surface area contributed by atoms with Crippen LogP contribution in [0.15, 0.2) is 60.8 Å². The number of piperidine rings is 2. The van der Waals surface area contributed by atoms with Gasteiger partial charge in [0.25, 0.3) is 5.91 Å². The molecule has 7 heteroatoms. The van der Waals surface area contributed by atoms with Gasteiger partial charge in [-0.3, -0.25) is 14.3 Å². The molecule has 0 saturated carbocycles. The summed E-state index contributed by atoms with van der Waals surface area (Å²) >= 11 is 0. The van der Waals surface area contributed by atoms with E-state index in [0.717, 1.165) is 42.8 Å². The molecule has 2 saturated heterocycles. The van der Waals surface area contributed by atoms with Crippen LogP contribution in [-0.4, -0.2) is 64.7 Å². The predicted molar refractivity (Wildman–Crippen MR) is 139 cm³/mol. The SMILES string of the molecule is COc1cccc(-c2nn(Cc3ccccc3)cc2C(=O)N2CCC(C(=O)N3CCCCC3)CC2)c1. The van der Waals surface area contributed by atoms with Crippen LogP contribution < -0.4 is 4.74 Å². The van der Waals surface area contributed by atoms with Crippen LogP contribution in [0.3, 0.4) is 0 Å². The Morgan fingerprint density at radius 2 is 1.67 bits per heavy atom. The van der Waals surface area contributed by atoms with E-state index < -0.39 is 0 Å². The third kappa shape index (κ3) is 5.30. The molecule has 3 heterocycles. The molecule has 2 aliphatic heterocycles. The van der Waals surface area contributed by atoms with Crippen LogP contribution >= 0.6 is 0 Å². The number of benzene rings is 2. The van der Waals surface area contributed by atoms with E-state index in [-0.39, 0.29) is 17.7 Å². The number of hydrogen-bond donors (Lipinski definition) is 0. The Balaban J connectivity index is 1.35. The first-order valence-electron chi connectivity index (χ1n) is 13.0. The van der Waals surface area contributed by atoms with E-state index in [1.54, 1.807) is 7.11 Å². The average Bonchev–Trinajstić information content (AvgIpc) is 3.37. The highest BCUT2D eigenvalue weighted by Gasteiger charge is 2.32. The molecule has 5 rings (SSSR count). The number of hydrogen-bond acceptors (Lipinski definition) is 4. The smallest absolute Gasteiger partial charge is 0.257 e. The Kier molecular flexibility index (Phi) is 7.35. The Morgan fingerprint density at radius 1 is 0.917 bits per heavy atom. The van der Waals surface area contributed by atoms with Crippen molar-refractivity contribution in [1.82, 2.24) is 19.6 Å². The Morgan fingerprint density at radius 3 is 2.39 bits per heavy atom. The summed E-state index contributed by atoms with van der Waals surface area (Å²) in [7, 11) is 1.63. The van der Waals surface area contributed by atoms with Gasteiger partial charge in [0.1, 0.15) is 11.4 Å². The standard InChI is InChI=1S/C29H34N4O3/c1-36-25-12-8-11-24(19-25)27-26(21-33(30-27)20-22-9-4-2-5-10-22)29(35)32-17-13-23(14-18-32)28(34)31-15-6-3-7-16-31/h2,4-5,8-12,19,21,23H,3,6-7,13-18,20H2,1H3. The van der Waals surface area contributed by atoms with Gasteiger partial charge in [0.05, 0.1) is 19.2 Å². The van der Waals surface area contributed by atoms with Crippen molar-refractivity contribution in [3.05, 3.63) is 71.9 Å². The number of likely N-dealkylation sites (tertiary alicyclic amines) is 2. The van der Waals surface area contributed by atoms with Crippen molar-refractivity contribution >= 4 is 11.8 Å². The molecule has 2 fully saturated rings. The van der Waals surface area contributed by atoms with E-state index in [4.69, 9.17) is 9.84 Å². The molecule has 0 unspecified atom stereocenters. The van der Waals surface area contributed by atoms with E-state index in [2.05, 4.69) is 12.1 Å². The van der Waals surface area contributed by atoms with Crippen molar-refractivity contribution in [2.24, 2.45) is 5.92 Å². The van der Waals surface area contributed by atoms with Crippen molar-refractivity contribution in [3.63, 3.8) is 0 Å². The number of methoxy groups -OCH3 is 1. The number of carbonyl (C=O) groups is 2. The fraction of sp³-hybridized carbons (Fsp3) is 0.414. The maximum absolute atomic E-state index is 13.7. The topological polar surface area (TPSA) is 67.7 Å². The quantitative estimate of drug-likeness (QED) is 0.516. The van der Waals surface area contributed by atoms with Gasteiger partial charge in [0.15, 0.2) is 0 Å². The molecule has 0 atom stereocenters. The number of rotatable bonds is 6. The summed E-state index contributed by atoms with van der Waals surface area (Å²) in [5.74, 6) is 0.983. The molecule has 2 amide bonds. The Hall–Kier alpha value is -3.61. The summed E-state index contributed by atoms with van der Waals surface area (Å²) < 4.78 is 7.25. The summed E-state index contributed by atoms with van der Waals surface area (Å²) in [6, 6.07) is 17.8. The van der Waals surface area contributed by atoms with Crippen LogP contribution in [0.5, 0.6) is 5.75 Å². The number of amides is 2. The Bertz CT molecular complexity index is 1190. The van der Waals surface area contributed by atoms with E-state index in [1.807, 2.05) is 63.1 Å². The van der Waals surface area contributed by atoms with Gasteiger partial charge in [-0.2, -0.15) is 5.10 Å². The second-order valence-corrected chi connectivity index (χ2v) is 9.76. The molecule has 2 aromatic carbocycles. The van der Waals surface area contributed by atoms with Crippen molar-refractivity contribution in [1.29, 1.82) is 0 Å². The number of nitrogens with zero attached hydrogens (tertiary/aromatic N) is 4. The maximum Gasteiger partial charge on any atom is 0.257 e. The molecule has 3 aromatic rings. The fourth-order valence-electron chi connectivity index (χ4n) is 5.29. The summed E-state index contributed by atoms with van der Waals surface area (Å²) in [5, 5.41) is 4.82. The largest absolute Gasteiger partial charge is 0.497 e. The van der Waals surface area contributed by atoms with E-state index in [9.17, 15) is 9.59 Å². The van der Waals surface area contributed by atoms with E-state index in [0.29, 0.717) is 43.7 Å². The van der Waals surface area contributed by atoms with Gasteiger partial charge in [0, 0.05) is 43.9 Å². The van der Waals surface area contributed by atoms with Crippen molar-refractivity contribution in [2.75, 3.05) is 33.3 Å². The number of carbonyl (C=O) groups excluding carboxylic acids is 2. The highest BCUT2D eigenvalue weighted by Crippen LogP contribution is 2.29. The van der Waals surface area contributed by atoms with Crippen LogP contribution in [0.2, 0.25) is 0 Å². The third-order valence-corrected chi connectivity index (χ3v) is 7.32. The minimum absolute atomic E-state index is 0.0193. The van der Waals surface area contributed by atoms with Crippen LogP contribution in [0.4, 0.5) is 0 Å². The van der Waals surface area contributed by atoms with Crippen molar-refractivity contribution in [2.45, 2.75) is 38.6 Å². The molecule has 188 valence electrons. The van der Waals surface area contributed by atoms with Gasteiger partial charge in [-0.15, -0.1) is 0 Å². The van der Waals surface area contributed by atoms with E-state index in [1.165, 1.54) is 6.42 Å². The molecule has 0 aliphatic carbocycles. The molecule has 7 nitrogen and oxygen atoms in total. The lowest BCUT2D eigenvalue weighted by Gasteiger charge is -2.35. The molecule has 36 heavy (non-hydrogen) atoms. The van der Waals surface area contributed by atoms with Gasteiger partial charge in [-0.05, 0) is 49.8 Å². The molecule has 1 aromatic heterocycles. The molecular weight excluding hydrogens is 452 g/mol. The third-order valence-electron chi connectivity index (χ3n) is 7.32. The zero-order chi connectivity index (χ0) is 24.9. The first-order chi connectivity index (χ1) is 17.6. The fourth-order valence-corrected chi connectivity index (χ4v) is 5.29. The number of ether oxygens (including phenoxy) is 1. The van der Waals surface area contributed by atoms with Gasteiger partial charge in [-0.1, -0.05) is 42.5 Å². The molecule has 0 N–H and O–H groups in total. The summed E-state index contributed by atoms with van der Waals surface area (Å²) in [6.45, 7) is 3.51. The van der Waals surface area contributed by atoms with E-state index >= 15 is 0 Å². The molecule has 2 aliphatic rings. The monoisotopic (exact) mass is 486 g/mol. The van der Waals surface area contributed by atoms with Gasteiger partial charge in [0.2, 0.25) is 5.91 Å². The summed E-state index contributed by atoms with van der Waals surface area (Å²) in [5.41, 5.74) is 3.20. The zero-order valence-electron chi connectivity index (χ0n) is 20.9. The lowest BCUT2D eigenvalue weighted by Crippen LogP contribution is -2.45. The first-order valence-corrected chi connectivity index (χ1v) is 13.0. The van der Waals surface area contributed by atoms with Gasteiger partial charge < -0.3 is 14.5 Å². The average molecular weight is 487 g/mol. The summed E-state index contributed by atoms with van der Waals surface area (Å²) in [6.07, 6.45) is 6.70. The second-order valence-electron chi connectivity index (χ2n) is 9.76. The molecule has 0 spiro atoms. The second kappa shape index (κ2) is 11.0. The Labute approximate surface area is 212 Å². The van der Waals surface area contributed by atoms with Crippen LogP contribution in [0.25, 0.3) is 11.3 Å². The van der Waals surface area contributed by atoms with Gasteiger partial charge in [-0.25, -0.2) is 0 Å². The normalized spacial score (nSPS) is 16.7. The minimum atomic E-state index is -0.0315. The predicted octanol–water partition coefficient (Wildman–Crippen LogP) is 4.47. The maximum atomic E-state index is 13.7. The minimum Gasteiger partial charge on any atom is -0.497 e. The van der Waals surface area contributed by atoms with Crippen molar-refractivity contribution in [3.8, 4) is 17.0 Å².